The maximum Gasteiger partial charge on any atom is 0.254 e. The predicted molar refractivity (Wildman–Crippen MR) is 64.3 cm³/mol. The summed E-state index contributed by atoms with van der Waals surface area (Å²) in [7, 11) is 0. The Morgan fingerprint density at radius 1 is 1.37 bits per heavy atom. The molecule has 0 bridgehead atoms. The number of furan rings is 1. The van der Waals surface area contributed by atoms with Gasteiger partial charge in [0.25, 0.3) is 5.91 Å². The molecule has 2 heterocycles. The van der Waals surface area contributed by atoms with Crippen LogP contribution in [0.3, 0.4) is 0 Å². The van der Waals surface area contributed by atoms with Gasteiger partial charge in [-0.15, -0.1) is 0 Å². The van der Waals surface area contributed by atoms with E-state index >= 15 is 0 Å². The summed E-state index contributed by atoms with van der Waals surface area (Å²) in [5.41, 5.74) is 0.402. The summed E-state index contributed by atoms with van der Waals surface area (Å²) in [6.45, 7) is 0.469. The summed E-state index contributed by atoms with van der Waals surface area (Å²) < 4.78 is 4.78. The van der Waals surface area contributed by atoms with Crippen molar-refractivity contribution in [1.29, 1.82) is 0 Å². The summed E-state index contributed by atoms with van der Waals surface area (Å²) in [6, 6.07) is 1.53. The van der Waals surface area contributed by atoms with Gasteiger partial charge in [0.15, 0.2) is 0 Å². The highest BCUT2D eigenvalue weighted by Crippen LogP contribution is 2.10. The lowest BCUT2D eigenvalue weighted by Crippen LogP contribution is -2.33. The molecule has 3 N–H and O–H groups in total. The van der Waals surface area contributed by atoms with Crippen molar-refractivity contribution in [2.24, 2.45) is 0 Å². The molecule has 0 spiro atoms. The van der Waals surface area contributed by atoms with E-state index in [-0.39, 0.29) is 37.9 Å². The van der Waals surface area contributed by atoms with E-state index in [0.29, 0.717) is 5.56 Å². The largest absolute Gasteiger partial charge is 0.472 e. The zero-order chi connectivity index (χ0) is 13.8. The van der Waals surface area contributed by atoms with E-state index in [9.17, 15) is 19.8 Å². The molecule has 19 heavy (non-hydrogen) atoms. The lowest BCUT2D eigenvalue weighted by molar-refractivity contribution is -0.130. The number of nitrogens with zero attached hydrogens (tertiary/aromatic N) is 1. The molecular weight excluding hydrogens is 252 g/mol. The molecule has 7 nitrogen and oxygen atoms in total. The van der Waals surface area contributed by atoms with Crippen LogP contribution in [-0.4, -0.2) is 58.8 Å². The highest BCUT2D eigenvalue weighted by molar-refractivity contribution is 5.94. The van der Waals surface area contributed by atoms with E-state index in [0.717, 1.165) is 0 Å². The van der Waals surface area contributed by atoms with E-state index in [1.807, 2.05) is 0 Å². The molecule has 0 radical (unpaired) electrons. The Balaban J connectivity index is 1.71. The number of nitrogens with one attached hydrogen (secondary N) is 1. The van der Waals surface area contributed by atoms with Crippen LogP contribution in [0.4, 0.5) is 0 Å². The molecule has 1 aliphatic rings. The molecule has 2 amide bonds. The maximum absolute atomic E-state index is 11.7. The number of carbonyl (C=O) groups is 2. The third-order valence-corrected chi connectivity index (χ3v) is 3.02. The van der Waals surface area contributed by atoms with Gasteiger partial charge < -0.3 is 24.8 Å². The van der Waals surface area contributed by atoms with Gasteiger partial charge in [0, 0.05) is 26.1 Å². The Labute approximate surface area is 109 Å². The second-order valence-corrected chi connectivity index (χ2v) is 4.45. The van der Waals surface area contributed by atoms with Crippen molar-refractivity contribution in [3.05, 3.63) is 24.2 Å². The minimum Gasteiger partial charge on any atom is -0.472 e. The standard InChI is InChI=1S/C12H16N2O5/c15-9-5-14(6-10(9)16)11(17)1-3-13-12(18)8-2-4-19-7-8/h2,4,7,9-10,15-16H,1,3,5-6H2,(H,13,18). The van der Waals surface area contributed by atoms with Gasteiger partial charge in [-0.1, -0.05) is 0 Å². The normalized spacial score (nSPS) is 22.5. The molecule has 104 valence electrons. The van der Waals surface area contributed by atoms with Gasteiger partial charge in [-0.25, -0.2) is 0 Å². The van der Waals surface area contributed by atoms with Crippen molar-refractivity contribution < 1.29 is 24.2 Å². The first-order chi connectivity index (χ1) is 9.08. The number of amides is 2. The number of hydrogen-bond donors (Lipinski definition) is 3. The van der Waals surface area contributed by atoms with E-state index in [1.54, 1.807) is 0 Å². The zero-order valence-corrected chi connectivity index (χ0v) is 10.3. The molecule has 2 atom stereocenters. The van der Waals surface area contributed by atoms with Crippen molar-refractivity contribution in [2.75, 3.05) is 19.6 Å². The Morgan fingerprint density at radius 3 is 2.63 bits per heavy atom. The topological polar surface area (TPSA) is 103 Å². The molecule has 0 aliphatic carbocycles. The third kappa shape index (κ3) is 3.33. The van der Waals surface area contributed by atoms with Gasteiger partial charge in [-0.05, 0) is 6.07 Å². The third-order valence-electron chi connectivity index (χ3n) is 3.02. The van der Waals surface area contributed by atoms with Crippen molar-refractivity contribution in [3.8, 4) is 0 Å². The molecule has 0 saturated carbocycles. The monoisotopic (exact) mass is 268 g/mol. The van der Waals surface area contributed by atoms with E-state index in [1.165, 1.54) is 23.5 Å². The van der Waals surface area contributed by atoms with Crippen molar-refractivity contribution in [3.63, 3.8) is 0 Å². The van der Waals surface area contributed by atoms with Crippen LogP contribution >= 0.6 is 0 Å². The van der Waals surface area contributed by atoms with Crippen LogP contribution in [0.5, 0.6) is 0 Å². The SMILES string of the molecule is O=C(NCCC(=O)N1CC(O)C(O)C1)c1ccoc1. The summed E-state index contributed by atoms with van der Waals surface area (Å²) in [6.07, 6.45) is 1.08. The quantitative estimate of drug-likeness (QED) is 0.647. The zero-order valence-electron chi connectivity index (χ0n) is 10.3. The van der Waals surface area contributed by atoms with E-state index in [2.05, 4.69) is 5.32 Å². The van der Waals surface area contributed by atoms with Gasteiger partial charge in [0.2, 0.25) is 5.91 Å². The molecule has 1 aromatic rings. The molecule has 1 fully saturated rings. The molecule has 2 unspecified atom stereocenters. The Kier molecular flexibility index (Phi) is 4.18. The number of hydrogen-bond acceptors (Lipinski definition) is 5. The van der Waals surface area contributed by atoms with Gasteiger partial charge >= 0.3 is 0 Å². The summed E-state index contributed by atoms with van der Waals surface area (Å²) in [5.74, 6) is -0.508. The van der Waals surface area contributed by atoms with Crippen molar-refractivity contribution in [2.45, 2.75) is 18.6 Å². The smallest absolute Gasteiger partial charge is 0.254 e. The first-order valence-electron chi connectivity index (χ1n) is 6.02. The highest BCUT2D eigenvalue weighted by Gasteiger charge is 2.32. The average molecular weight is 268 g/mol. The van der Waals surface area contributed by atoms with Crippen LogP contribution in [0, 0.1) is 0 Å². The number of β-amino-alcohol motifs (C(OH)–C–C–N with tert-alkyl or cyclic N) is 2. The van der Waals surface area contributed by atoms with Crippen molar-refractivity contribution in [1.82, 2.24) is 10.2 Å². The van der Waals surface area contributed by atoms with Crippen LogP contribution in [-0.2, 0) is 4.79 Å². The summed E-state index contributed by atoms with van der Waals surface area (Å²) >= 11 is 0. The van der Waals surface area contributed by atoms with Crippen LogP contribution in [0.15, 0.2) is 23.0 Å². The Hall–Kier alpha value is -1.86. The second-order valence-electron chi connectivity index (χ2n) is 4.45. The van der Waals surface area contributed by atoms with Crippen LogP contribution in [0.1, 0.15) is 16.8 Å². The van der Waals surface area contributed by atoms with Crippen LogP contribution < -0.4 is 5.32 Å². The number of carbonyl (C=O) groups excluding carboxylic acids is 2. The minimum atomic E-state index is -0.885. The number of aliphatic hydroxyl groups is 2. The summed E-state index contributed by atoms with van der Waals surface area (Å²) in [5, 5.41) is 21.3. The number of aliphatic hydroxyl groups excluding tert-OH is 2. The number of rotatable bonds is 4. The molecule has 1 aliphatic heterocycles. The molecule has 1 aromatic heterocycles. The molecule has 1 saturated heterocycles. The van der Waals surface area contributed by atoms with Crippen LogP contribution in [0.2, 0.25) is 0 Å². The Morgan fingerprint density at radius 2 is 2.05 bits per heavy atom. The molecular formula is C12H16N2O5. The van der Waals surface area contributed by atoms with Crippen molar-refractivity contribution >= 4 is 11.8 Å². The molecule has 2 rings (SSSR count). The van der Waals surface area contributed by atoms with Gasteiger partial charge in [-0.2, -0.15) is 0 Å². The van der Waals surface area contributed by atoms with Crippen LogP contribution in [0.25, 0.3) is 0 Å². The first kappa shape index (κ1) is 13.6. The summed E-state index contributed by atoms with van der Waals surface area (Å²) in [4.78, 5) is 24.7. The first-order valence-corrected chi connectivity index (χ1v) is 6.02. The predicted octanol–water partition coefficient (Wildman–Crippen LogP) is -1.04. The fourth-order valence-electron chi connectivity index (χ4n) is 1.91. The van der Waals surface area contributed by atoms with Gasteiger partial charge in [0.1, 0.15) is 6.26 Å². The second kappa shape index (κ2) is 5.85. The maximum atomic E-state index is 11.7. The fourth-order valence-corrected chi connectivity index (χ4v) is 1.91. The van der Waals surface area contributed by atoms with E-state index < -0.39 is 12.2 Å². The number of likely N-dealkylation sites (tertiary alicyclic amines) is 1. The van der Waals surface area contributed by atoms with Gasteiger partial charge in [-0.3, -0.25) is 9.59 Å². The lowest BCUT2D eigenvalue weighted by Gasteiger charge is -2.15. The Bertz CT molecular complexity index is 435. The molecule has 7 heteroatoms. The fraction of sp³-hybridized carbons (Fsp3) is 0.500. The van der Waals surface area contributed by atoms with E-state index in [4.69, 9.17) is 4.42 Å². The highest BCUT2D eigenvalue weighted by atomic mass is 16.3. The average Bonchev–Trinajstić information content (AvgIpc) is 3.00. The lowest BCUT2D eigenvalue weighted by atomic mass is 10.3. The van der Waals surface area contributed by atoms with Gasteiger partial charge in [0.05, 0.1) is 24.0 Å². The minimum absolute atomic E-state index is 0.128. The molecule has 0 aromatic carbocycles.